The molecule has 4 nitrogen and oxygen atoms in total. The van der Waals surface area contributed by atoms with Crippen LogP contribution in [0.2, 0.25) is 0 Å². The molecule has 2 rings (SSSR count). The van der Waals surface area contributed by atoms with E-state index in [1.807, 2.05) is 0 Å². The Bertz CT molecular complexity index is 347. The third kappa shape index (κ3) is 1.05. The van der Waals surface area contributed by atoms with Crippen molar-refractivity contribution in [2.45, 2.75) is 6.54 Å². The molecule has 58 valence electrons. The maximum absolute atomic E-state index is 10.9. The van der Waals surface area contributed by atoms with Crippen molar-refractivity contribution < 1.29 is 4.74 Å². The molecule has 0 fully saturated rings. The predicted molar refractivity (Wildman–Crippen MR) is 41.7 cm³/mol. The van der Waals surface area contributed by atoms with Crippen LogP contribution in [0.5, 0.6) is 6.01 Å². The van der Waals surface area contributed by atoms with E-state index in [0.29, 0.717) is 17.1 Å². The molecule has 1 aliphatic heterocycles. The predicted octanol–water partition coefficient (Wildman–Crippen LogP) is 0.398. The van der Waals surface area contributed by atoms with Crippen molar-refractivity contribution in [3.63, 3.8) is 0 Å². The average molecular weight is 217 g/mol. The van der Waals surface area contributed by atoms with Gasteiger partial charge in [-0.2, -0.15) is 4.98 Å². The summed E-state index contributed by atoms with van der Waals surface area (Å²) in [5, 5.41) is 0. The van der Waals surface area contributed by atoms with Crippen LogP contribution in [0.15, 0.2) is 15.5 Å². The molecule has 11 heavy (non-hydrogen) atoms. The van der Waals surface area contributed by atoms with Crippen LogP contribution >= 0.6 is 15.9 Å². The van der Waals surface area contributed by atoms with Crippen molar-refractivity contribution in [3.05, 3.63) is 21.0 Å². The molecule has 0 N–H and O–H groups in total. The molecule has 0 radical (unpaired) electrons. The van der Waals surface area contributed by atoms with Crippen LogP contribution in [0, 0.1) is 0 Å². The normalized spacial score (nSPS) is 14.3. The number of ether oxygens (including phenoxy) is 1. The fraction of sp³-hybridized carbons (Fsp3) is 0.333. The zero-order valence-corrected chi connectivity index (χ0v) is 7.17. The van der Waals surface area contributed by atoms with E-state index in [4.69, 9.17) is 4.74 Å². The Labute approximate surface area is 70.9 Å². The lowest BCUT2D eigenvalue weighted by Gasteiger charge is -1.97. The van der Waals surface area contributed by atoms with Gasteiger partial charge in [0.25, 0.3) is 11.6 Å². The topological polar surface area (TPSA) is 44.1 Å². The minimum atomic E-state index is -0.279. The van der Waals surface area contributed by atoms with Crippen LogP contribution in [-0.2, 0) is 6.54 Å². The highest BCUT2D eigenvalue weighted by Crippen LogP contribution is 2.13. The Kier molecular flexibility index (Phi) is 1.45. The first kappa shape index (κ1) is 6.84. The van der Waals surface area contributed by atoms with Gasteiger partial charge in [-0.05, 0) is 15.9 Å². The Morgan fingerprint density at radius 3 is 3.36 bits per heavy atom. The summed E-state index contributed by atoms with van der Waals surface area (Å²) in [6.07, 6.45) is 1.69. The first-order chi connectivity index (χ1) is 5.27. The largest absolute Gasteiger partial charge is 0.463 e. The summed E-state index contributed by atoms with van der Waals surface area (Å²) in [4.78, 5) is 14.6. The van der Waals surface area contributed by atoms with Crippen LogP contribution in [0.4, 0.5) is 0 Å². The molecule has 1 aliphatic rings. The monoisotopic (exact) mass is 216 g/mol. The van der Waals surface area contributed by atoms with Gasteiger partial charge in [0.15, 0.2) is 0 Å². The molecule has 0 saturated carbocycles. The van der Waals surface area contributed by atoms with E-state index in [0.717, 1.165) is 6.54 Å². The van der Waals surface area contributed by atoms with Gasteiger partial charge >= 0.3 is 0 Å². The zero-order valence-electron chi connectivity index (χ0n) is 5.58. The van der Waals surface area contributed by atoms with E-state index in [1.165, 1.54) is 0 Å². The summed E-state index contributed by atoms with van der Waals surface area (Å²) < 4.78 is 7.34. The smallest absolute Gasteiger partial charge is 0.299 e. The lowest BCUT2D eigenvalue weighted by Crippen LogP contribution is -2.10. The highest BCUT2D eigenvalue weighted by molar-refractivity contribution is 9.10. The fourth-order valence-electron chi connectivity index (χ4n) is 0.962. The van der Waals surface area contributed by atoms with E-state index >= 15 is 0 Å². The molecule has 0 spiro atoms. The van der Waals surface area contributed by atoms with Crippen LogP contribution in [-0.4, -0.2) is 16.2 Å². The Balaban J connectivity index is 2.66. The summed E-state index contributed by atoms with van der Waals surface area (Å²) in [6, 6.07) is 0.415. The maximum Gasteiger partial charge on any atom is 0.299 e. The van der Waals surface area contributed by atoms with Crippen molar-refractivity contribution in [2.75, 3.05) is 6.61 Å². The summed E-state index contributed by atoms with van der Waals surface area (Å²) in [5.74, 6) is 0. The molecule has 1 aromatic heterocycles. The molecule has 2 heterocycles. The number of halogens is 1. The lowest BCUT2D eigenvalue weighted by atomic mass is 10.6. The molecule has 0 bridgehead atoms. The van der Waals surface area contributed by atoms with Crippen molar-refractivity contribution in [1.82, 2.24) is 9.55 Å². The second-order valence-electron chi connectivity index (χ2n) is 2.22. The van der Waals surface area contributed by atoms with Gasteiger partial charge in [-0.3, -0.25) is 9.36 Å². The summed E-state index contributed by atoms with van der Waals surface area (Å²) in [6.45, 7) is 1.37. The van der Waals surface area contributed by atoms with Crippen LogP contribution < -0.4 is 10.3 Å². The van der Waals surface area contributed by atoms with Crippen LogP contribution in [0.1, 0.15) is 0 Å². The third-order valence-corrected chi connectivity index (χ3v) is 2.02. The second-order valence-corrected chi connectivity index (χ2v) is 3.07. The Hall–Kier alpha value is -0.840. The van der Waals surface area contributed by atoms with Gasteiger partial charge in [0.1, 0.15) is 11.1 Å². The highest BCUT2D eigenvalue weighted by Gasteiger charge is 2.12. The van der Waals surface area contributed by atoms with E-state index in [-0.39, 0.29) is 5.56 Å². The molecule has 1 aromatic rings. The minimum absolute atomic E-state index is 0.279. The van der Waals surface area contributed by atoms with Crippen molar-refractivity contribution in [1.29, 1.82) is 0 Å². The quantitative estimate of drug-likeness (QED) is 0.631. The number of rotatable bonds is 0. The molecule has 5 heteroatoms. The highest BCUT2D eigenvalue weighted by atomic mass is 79.9. The van der Waals surface area contributed by atoms with E-state index in [1.54, 1.807) is 10.8 Å². The minimum Gasteiger partial charge on any atom is -0.463 e. The van der Waals surface area contributed by atoms with E-state index in [2.05, 4.69) is 20.9 Å². The lowest BCUT2D eigenvalue weighted by molar-refractivity contribution is 0.343. The molecule has 0 atom stereocenters. The fourth-order valence-corrected chi connectivity index (χ4v) is 1.30. The number of nitrogens with zero attached hydrogens (tertiary/aromatic N) is 2. The molecule has 0 aromatic carbocycles. The average Bonchev–Trinajstić information content (AvgIpc) is 2.36. The van der Waals surface area contributed by atoms with Crippen LogP contribution in [0.25, 0.3) is 0 Å². The van der Waals surface area contributed by atoms with Crippen molar-refractivity contribution in [3.8, 4) is 6.01 Å². The van der Waals surface area contributed by atoms with Gasteiger partial charge in [-0.1, -0.05) is 0 Å². The van der Waals surface area contributed by atoms with Gasteiger partial charge < -0.3 is 4.74 Å². The number of aromatic nitrogens is 2. The second kappa shape index (κ2) is 2.34. The number of hydrogen-bond donors (Lipinski definition) is 0. The summed E-state index contributed by atoms with van der Waals surface area (Å²) >= 11 is 3.10. The molecule has 0 saturated heterocycles. The first-order valence-electron chi connectivity index (χ1n) is 3.17. The van der Waals surface area contributed by atoms with Gasteiger partial charge in [0.05, 0.1) is 6.54 Å². The van der Waals surface area contributed by atoms with E-state index in [9.17, 15) is 4.79 Å². The third-order valence-electron chi connectivity index (χ3n) is 1.48. The summed E-state index contributed by atoms with van der Waals surface area (Å²) in [7, 11) is 0. The summed E-state index contributed by atoms with van der Waals surface area (Å²) in [5.41, 5.74) is -0.279. The van der Waals surface area contributed by atoms with Gasteiger partial charge in [-0.25, -0.2) is 0 Å². The standard InChI is InChI=1S/C6H5BrN2O2/c7-4-3-9-1-2-11-6(9)8-5(4)10/h3H,1-2H2. The number of fused-ring (bicyclic) bond motifs is 1. The molecule has 0 unspecified atom stereocenters. The van der Waals surface area contributed by atoms with Crippen molar-refractivity contribution in [2.24, 2.45) is 0 Å². The molecule has 0 amide bonds. The molecular weight excluding hydrogens is 212 g/mol. The molecular formula is C6H5BrN2O2. The van der Waals surface area contributed by atoms with Gasteiger partial charge in [0.2, 0.25) is 0 Å². The molecule has 0 aliphatic carbocycles. The Morgan fingerprint density at radius 1 is 1.73 bits per heavy atom. The van der Waals surface area contributed by atoms with Crippen LogP contribution in [0.3, 0.4) is 0 Å². The van der Waals surface area contributed by atoms with Crippen molar-refractivity contribution >= 4 is 15.9 Å². The number of hydrogen-bond acceptors (Lipinski definition) is 3. The van der Waals surface area contributed by atoms with Gasteiger partial charge in [0, 0.05) is 6.20 Å². The van der Waals surface area contributed by atoms with E-state index < -0.39 is 0 Å². The maximum atomic E-state index is 10.9. The first-order valence-corrected chi connectivity index (χ1v) is 3.96. The Morgan fingerprint density at radius 2 is 2.55 bits per heavy atom. The zero-order chi connectivity index (χ0) is 7.84. The van der Waals surface area contributed by atoms with Gasteiger partial charge in [-0.15, -0.1) is 0 Å². The SMILES string of the molecule is O=c1nc2n(cc1Br)CCO2.